The molecular weight excluding hydrogens is 608 g/mol. The molecule has 14 heteroatoms. The molecule has 0 spiro atoms. The van der Waals surface area contributed by atoms with Gasteiger partial charge < -0.3 is 47.7 Å². The van der Waals surface area contributed by atoms with E-state index in [4.69, 9.17) is 11.5 Å². The molecule has 0 radical (unpaired) electrons. The third-order valence-corrected chi connectivity index (χ3v) is 7.49. The highest BCUT2D eigenvalue weighted by Gasteiger charge is 2.31. The number of amides is 4. The molecule has 47 heavy (non-hydrogen) atoms. The van der Waals surface area contributed by atoms with Gasteiger partial charge in [0.1, 0.15) is 29.6 Å². The minimum atomic E-state index is -1.65. The van der Waals surface area contributed by atoms with Crippen molar-refractivity contribution < 1.29 is 39.3 Å². The van der Waals surface area contributed by atoms with Crippen LogP contribution in [0.3, 0.4) is 0 Å². The molecule has 3 aromatic carbocycles. The number of primary amides is 1. The Balaban J connectivity index is 1.60. The summed E-state index contributed by atoms with van der Waals surface area (Å²) >= 11 is 0. The van der Waals surface area contributed by atoms with Crippen molar-refractivity contribution in [2.75, 3.05) is 0 Å². The zero-order valence-electron chi connectivity index (χ0n) is 25.2. The first kappa shape index (κ1) is 34.0. The summed E-state index contributed by atoms with van der Waals surface area (Å²) in [6.07, 6.45) is 1.000. The van der Waals surface area contributed by atoms with Crippen molar-refractivity contribution in [3.8, 4) is 11.5 Å². The highest BCUT2D eigenvalue weighted by atomic mass is 16.4. The number of carbonyl (C=O) groups is 5. The number of carboxylic acid groups (broad SMARTS) is 1. The molecular formula is C33H36N6O8. The number of aromatic amines is 1. The summed E-state index contributed by atoms with van der Waals surface area (Å²) in [5.41, 5.74) is 14.0. The van der Waals surface area contributed by atoms with E-state index in [-0.39, 0.29) is 30.8 Å². The van der Waals surface area contributed by atoms with Gasteiger partial charge in [-0.2, -0.15) is 0 Å². The fourth-order valence-electron chi connectivity index (χ4n) is 5.01. The lowest BCUT2D eigenvalue weighted by Gasteiger charge is -2.25. The van der Waals surface area contributed by atoms with Gasteiger partial charge in [0.15, 0.2) is 0 Å². The van der Waals surface area contributed by atoms with E-state index in [1.807, 2.05) is 24.3 Å². The summed E-state index contributed by atoms with van der Waals surface area (Å²) in [5.74, 6) is -4.76. The third kappa shape index (κ3) is 9.55. The molecule has 1 heterocycles. The Morgan fingerprint density at radius 3 is 1.77 bits per heavy atom. The van der Waals surface area contributed by atoms with Gasteiger partial charge in [-0.15, -0.1) is 0 Å². The van der Waals surface area contributed by atoms with Crippen LogP contribution in [0.5, 0.6) is 11.5 Å². The Labute approximate surface area is 269 Å². The van der Waals surface area contributed by atoms with Crippen molar-refractivity contribution >= 4 is 40.5 Å². The average Bonchev–Trinajstić information content (AvgIpc) is 3.44. The molecule has 0 saturated heterocycles. The van der Waals surface area contributed by atoms with Crippen LogP contribution in [-0.4, -0.2) is 74.1 Å². The van der Waals surface area contributed by atoms with Gasteiger partial charge in [-0.05, 0) is 53.4 Å². The van der Waals surface area contributed by atoms with Gasteiger partial charge in [0.05, 0.1) is 12.5 Å². The summed E-state index contributed by atoms with van der Waals surface area (Å²) in [4.78, 5) is 66.9. The summed E-state index contributed by atoms with van der Waals surface area (Å²) in [7, 11) is 0. The second kappa shape index (κ2) is 15.4. The van der Waals surface area contributed by atoms with Crippen LogP contribution in [0.25, 0.3) is 10.9 Å². The molecule has 11 N–H and O–H groups in total. The van der Waals surface area contributed by atoms with Crippen LogP contribution in [-0.2, 0) is 43.2 Å². The number of hydrogen-bond acceptors (Lipinski definition) is 8. The predicted molar refractivity (Wildman–Crippen MR) is 171 cm³/mol. The molecule has 14 nitrogen and oxygen atoms in total. The van der Waals surface area contributed by atoms with Crippen molar-refractivity contribution in [3.63, 3.8) is 0 Å². The second-order valence-electron chi connectivity index (χ2n) is 11.1. The van der Waals surface area contributed by atoms with Crippen molar-refractivity contribution in [3.05, 3.63) is 95.7 Å². The zero-order chi connectivity index (χ0) is 34.1. The number of carbonyl (C=O) groups excluding carboxylic acids is 4. The third-order valence-electron chi connectivity index (χ3n) is 7.49. The number of benzene rings is 3. The van der Waals surface area contributed by atoms with Gasteiger partial charge >= 0.3 is 5.97 Å². The summed E-state index contributed by atoms with van der Waals surface area (Å²) in [6, 6.07) is 14.0. The van der Waals surface area contributed by atoms with Crippen LogP contribution in [0, 0.1) is 0 Å². The molecule has 246 valence electrons. The van der Waals surface area contributed by atoms with Crippen molar-refractivity contribution in [1.29, 1.82) is 0 Å². The normalized spacial score (nSPS) is 13.6. The summed E-state index contributed by atoms with van der Waals surface area (Å²) in [6.45, 7) is 0. The maximum atomic E-state index is 13.9. The van der Waals surface area contributed by atoms with Gasteiger partial charge in [0, 0.05) is 29.9 Å². The Kier molecular flexibility index (Phi) is 11.1. The van der Waals surface area contributed by atoms with E-state index in [1.54, 1.807) is 18.3 Å². The van der Waals surface area contributed by atoms with E-state index >= 15 is 0 Å². The van der Waals surface area contributed by atoms with E-state index in [0.717, 1.165) is 10.9 Å². The van der Waals surface area contributed by atoms with Gasteiger partial charge in [0.2, 0.25) is 23.6 Å². The van der Waals surface area contributed by atoms with Crippen LogP contribution in [0.1, 0.15) is 23.1 Å². The molecule has 0 bridgehead atoms. The number of phenols is 2. The van der Waals surface area contributed by atoms with E-state index in [9.17, 15) is 39.3 Å². The Morgan fingerprint density at radius 2 is 1.19 bits per heavy atom. The molecule has 1 aromatic heterocycles. The first-order valence-corrected chi connectivity index (χ1v) is 14.7. The molecule has 0 saturated carbocycles. The lowest BCUT2D eigenvalue weighted by molar-refractivity contribution is -0.143. The lowest BCUT2D eigenvalue weighted by Crippen LogP contribution is -2.58. The Morgan fingerprint density at radius 1 is 0.681 bits per heavy atom. The maximum Gasteiger partial charge on any atom is 0.326 e. The Bertz CT molecular complexity index is 1740. The molecule has 4 aromatic rings. The van der Waals surface area contributed by atoms with Crippen LogP contribution < -0.4 is 27.4 Å². The number of aromatic nitrogens is 1. The monoisotopic (exact) mass is 644 g/mol. The smallest absolute Gasteiger partial charge is 0.326 e. The molecule has 0 aliphatic carbocycles. The first-order chi connectivity index (χ1) is 22.4. The number of rotatable bonds is 15. The summed E-state index contributed by atoms with van der Waals surface area (Å²) in [5, 5.41) is 37.2. The molecule has 0 fully saturated rings. The van der Waals surface area contributed by atoms with E-state index in [1.165, 1.54) is 36.4 Å². The fraction of sp³-hybridized carbons (Fsp3) is 0.242. The maximum absolute atomic E-state index is 13.9. The fourth-order valence-corrected chi connectivity index (χ4v) is 5.01. The molecule has 4 rings (SSSR count). The largest absolute Gasteiger partial charge is 0.508 e. The minimum Gasteiger partial charge on any atom is -0.508 e. The number of aliphatic carboxylic acids is 1. The number of para-hydroxylation sites is 1. The highest BCUT2D eigenvalue weighted by Crippen LogP contribution is 2.20. The van der Waals surface area contributed by atoms with Gasteiger partial charge in [-0.1, -0.05) is 42.5 Å². The second-order valence-corrected chi connectivity index (χ2v) is 11.1. The predicted octanol–water partition coefficient (Wildman–Crippen LogP) is 0.349. The highest BCUT2D eigenvalue weighted by molar-refractivity contribution is 5.95. The molecule has 4 amide bonds. The van der Waals surface area contributed by atoms with Crippen molar-refractivity contribution in [2.45, 2.75) is 49.9 Å². The number of nitrogens with two attached hydrogens (primary N) is 2. The number of carboxylic acids is 1. The van der Waals surface area contributed by atoms with Crippen LogP contribution in [0.15, 0.2) is 79.0 Å². The molecule has 4 atom stereocenters. The van der Waals surface area contributed by atoms with E-state index in [2.05, 4.69) is 20.9 Å². The number of H-pyrrole nitrogens is 1. The SMILES string of the molecule is NC(=O)CC(NC(=O)C(Cc1ccc(O)cc1)NC(=O)C(Cc1c[nH]c2ccccc12)NC(=O)C(N)Cc1ccc(O)cc1)C(=O)O. The van der Waals surface area contributed by atoms with Crippen LogP contribution >= 0.6 is 0 Å². The van der Waals surface area contributed by atoms with Gasteiger partial charge in [0.25, 0.3) is 0 Å². The Hall–Kier alpha value is -5.89. The number of fused-ring (bicyclic) bond motifs is 1. The van der Waals surface area contributed by atoms with Crippen LogP contribution in [0.2, 0.25) is 0 Å². The number of phenolic OH excluding ortho intramolecular Hbond substituents is 2. The van der Waals surface area contributed by atoms with Crippen LogP contribution in [0.4, 0.5) is 0 Å². The first-order valence-electron chi connectivity index (χ1n) is 14.7. The number of nitrogens with one attached hydrogen (secondary N) is 4. The molecule has 4 unspecified atom stereocenters. The van der Waals surface area contributed by atoms with Crippen molar-refractivity contribution in [1.82, 2.24) is 20.9 Å². The lowest BCUT2D eigenvalue weighted by atomic mass is 10.0. The topological polar surface area (TPSA) is 250 Å². The standard InChI is InChI=1S/C33H36N6O8/c34-24(13-18-5-9-21(40)10-6-18)30(43)37-27(15-20-17-36-25-4-2-1-3-23(20)25)32(45)38-26(14-19-7-11-22(41)12-8-19)31(44)39-28(33(46)47)16-29(35)42/h1-12,17,24,26-28,36,40-41H,13-16,34H2,(H2,35,42)(H,37,43)(H,38,45)(H,39,44)(H,46,47). The number of aromatic hydroxyl groups is 2. The van der Waals surface area contributed by atoms with Crippen molar-refractivity contribution in [2.24, 2.45) is 11.5 Å². The average molecular weight is 645 g/mol. The van der Waals surface area contributed by atoms with E-state index < -0.39 is 60.2 Å². The van der Waals surface area contributed by atoms with E-state index in [0.29, 0.717) is 16.7 Å². The number of hydrogen-bond donors (Lipinski definition) is 9. The molecule has 0 aliphatic heterocycles. The summed E-state index contributed by atoms with van der Waals surface area (Å²) < 4.78 is 0. The quantitative estimate of drug-likeness (QED) is 0.0864. The van der Waals surface area contributed by atoms with Gasteiger partial charge in [-0.25, -0.2) is 4.79 Å². The molecule has 0 aliphatic rings. The van der Waals surface area contributed by atoms with Gasteiger partial charge in [-0.3, -0.25) is 19.2 Å². The zero-order valence-corrected chi connectivity index (χ0v) is 25.2. The minimum absolute atomic E-state index is 0.000487.